The van der Waals surface area contributed by atoms with Crippen molar-refractivity contribution in [3.63, 3.8) is 0 Å². The van der Waals surface area contributed by atoms with Gasteiger partial charge in [-0.05, 0) is 54.4 Å². The highest BCUT2D eigenvalue weighted by Crippen LogP contribution is 2.25. The molecule has 0 saturated carbocycles. The maximum absolute atomic E-state index is 12.4. The van der Waals surface area contributed by atoms with Crippen LogP contribution in [-0.4, -0.2) is 12.6 Å². The molecule has 0 atom stereocenters. The zero-order valence-corrected chi connectivity index (χ0v) is 14.3. The summed E-state index contributed by atoms with van der Waals surface area (Å²) in [7, 11) is 0. The van der Waals surface area contributed by atoms with Gasteiger partial charge in [-0.2, -0.15) is 5.26 Å². The minimum Gasteiger partial charge on any atom is -0.493 e. The Bertz CT molecular complexity index is 938. The largest absolute Gasteiger partial charge is 0.493 e. The molecule has 0 fully saturated rings. The van der Waals surface area contributed by atoms with Crippen LogP contribution >= 0.6 is 0 Å². The molecule has 26 heavy (non-hydrogen) atoms. The van der Waals surface area contributed by atoms with Gasteiger partial charge >= 0.3 is 5.97 Å². The highest BCUT2D eigenvalue weighted by molar-refractivity contribution is 5.94. The summed E-state index contributed by atoms with van der Waals surface area (Å²) in [5.41, 5.74) is 2.98. The lowest BCUT2D eigenvalue weighted by molar-refractivity contribution is 0.0730. The highest BCUT2D eigenvalue weighted by Gasteiger charge is 2.14. The molecule has 0 radical (unpaired) electrons. The van der Waals surface area contributed by atoms with Gasteiger partial charge in [0.25, 0.3) is 0 Å². The fraction of sp³-hybridized carbons (Fsp3) is 0.0909. The van der Waals surface area contributed by atoms with Crippen molar-refractivity contribution < 1.29 is 14.3 Å². The molecule has 0 spiro atoms. The highest BCUT2D eigenvalue weighted by atomic mass is 16.5. The van der Waals surface area contributed by atoms with Crippen molar-refractivity contribution in [2.24, 2.45) is 0 Å². The van der Waals surface area contributed by atoms with Crippen LogP contribution in [0, 0.1) is 11.3 Å². The molecule has 0 heterocycles. The summed E-state index contributed by atoms with van der Waals surface area (Å²) in [5.74, 6) is 0.507. The first-order valence-corrected chi connectivity index (χ1v) is 8.26. The number of nitrogens with zero attached hydrogens (tertiary/aromatic N) is 1. The lowest BCUT2D eigenvalue weighted by Crippen LogP contribution is -2.10. The molecule has 0 aliphatic heterocycles. The number of hydrogen-bond acceptors (Lipinski definition) is 4. The van der Waals surface area contributed by atoms with Gasteiger partial charge in [0, 0.05) is 0 Å². The second-order valence-corrected chi connectivity index (χ2v) is 5.53. The maximum atomic E-state index is 12.4. The minimum atomic E-state index is -0.458. The predicted octanol–water partition coefficient (Wildman–Crippen LogP) is 4.84. The van der Waals surface area contributed by atoms with Crippen LogP contribution in [0.15, 0.2) is 72.8 Å². The van der Waals surface area contributed by atoms with Gasteiger partial charge in [0.05, 0.1) is 18.2 Å². The fourth-order valence-electron chi connectivity index (χ4n) is 2.53. The van der Waals surface area contributed by atoms with Crippen LogP contribution in [0.5, 0.6) is 11.5 Å². The zero-order valence-electron chi connectivity index (χ0n) is 14.3. The Morgan fingerprint density at radius 1 is 0.923 bits per heavy atom. The number of carbonyl (C=O) groups is 1. The van der Waals surface area contributed by atoms with Crippen LogP contribution < -0.4 is 9.47 Å². The van der Waals surface area contributed by atoms with Crippen LogP contribution in [0.1, 0.15) is 22.8 Å². The summed E-state index contributed by atoms with van der Waals surface area (Å²) in [4.78, 5) is 12.4. The normalized spacial score (nSPS) is 10.0. The van der Waals surface area contributed by atoms with Crippen molar-refractivity contribution in [1.29, 1.82) is 5.26 Å². The lowest BCUT2D eigenvalue weighted by atomic mass is 10.0. The quantitative estimate of drug-likeness (QED) is 0.491. The van der Waals surface area contributed by atoms with E-state index in [0.29, 0.717) is 29.2 Å². The third kappa shape index (κ3) is 3.90. The van der Waals surface area contributed by atoms with E-state index in [1.54, 1.807) is 42.5 Å². The summed E-state index contributed by atoms with van der Waals surface area (Å²) < 4.78 is 10.9. The van der Waals surface area contributed by atoms with Crippen molar-refractivity contribution in [1.82, 2.24) is 0 Å². The predicted molar refractivity (Wildman–Crippen MR) is 99.2 cm³/mol. The van der Waals surface area contributed by atoms with Crippen LogP contribution in [0.25, 0.3) is 11.1 Å². The van der Waals surface area contributed by atoms with E-state index in [9.17, 15) is 4.79 Å². The maximum Gasteiger partial charge on any atom is 0.347 e. The van der Waals surface area contributed by atoms with Gasteiger partial charge < -0.3 is 9.47 Å². The van der Waals surface area contributed by atoms with E-state index in [1.807, 2.05) is 37.3 Å². The van der Waals surface area contributed by atoms with Crippen molar-refractivity contribution >= 4 is 5.97 Å². The van der Waals surface area contributed by atoms with Crippen LogP contribution in [-0.2, 0) is 0 Å². The van der Waals surface area contributed by atoms with Crippen LogP contribution in [0.4, 0.5) is 0 Å². The number of ether oxygens (including phenoxy) is 2. The first-order valence-electron chi connectivity index (χ1n) is 8.26. The Kier molecular flexibility index (Phi) is 5.31. The minimum absolute atomic E-state index is 0.394. The Morgan fingerprint density at radius 2 is 1.54 bits per heavy atom. The molecule has 4 heteroatoms. The van der Waals surface area contributed by atoms with Crippen molar-refractivity contribution in [2.45, 2.75) is 6.92 Å². The van der Waals surface area contributed by atoms with Crippen LogP contribution in [0.2, 0.25) is 0 Å². The molecule has 128 valence electrons. The second-order valence-electron chi connectivity index (χ2n) is 5.53. The molecule has 0 aliphatic carbocycles. The molecule has 3 aromatic rings. The first-order chi connectivity index (χ1) is 12.7. The molecule has 0 amide bonds. The standard InChI is InChI=1S/C22H17NO3/c1-2-25-21-6-4-3-5-20(21)22(24)26-19-13-11-18(12-14-19)17-9-7-16(15-23)8-10-17/h3-14H,2H2,1H3. The topological polar surface area (TPSA) is 59.3 Å². The van der Waals surface area contributed by atoms with E-state index in [0.717, 1.165) is 11.1 Å². The number of para-hydroxylation sites is 1. The Labute approximate surface area is 152 Å². The number of hydrogen-bond donors (Lipinski definition) is 0. The monoisotopic (exact) mass is 343 g/mol. The Morgan fingerprint density at radius 3 is 2.15 bits per heavy atom. The Hall–Kier alpha value is -3.58. The number of benzene rings is 3. The SMILES string of the molecule is CCOc1ccccc1C(=O)Oc1ccc(-c2ccc(C#N)cc2)cc1. The molecular weight excluding hydrogens is 326 g/mol. The summed E-state index contributed by atoms with van der Waals surface area (Å²) in [6.45, 7) is 2.34. The Balaban J connectivity index is 1.75. The third-order valence-electron chi connectivity index (χ3n) is 3.82. The van der Waals surface area contributed by atoms with Gasteiger partial charge in [0.1, 0.15) is 17.1 Å². The van der Waals surface area contributed by atoms with E-state index in [2.05, 4.69) is 6.07 Å². The summed E-state index contributed by atoms with van der Waals surface area (Å²) >= 11 is 0. The van der Waals surface area contributed by atoms with Gasteiger partial charge in [-0.1, -0.05) is 36.4 Å². The van der Waals surface area contributed by atoms with E-state index in [4.69, 9.17) is 14.7 Å². The number of esters is 1. The van der Waals surface area contributed by atoms with Gasteiger partial charge in [-0.15, -0.1) is 0 Å². The molecule has 3 rings (SSSR count). The van der Waals surface area contributed by atoms with Crippen molar-refractivity contribution in [2.75, 3.05) is 6.61 Å². The van der Waals surface area contributed by atoms with Crippen molar-refractivity contribution in [3.05, 3.63) is 83.9 Å². The number of rotatable bonds is 5. The molecule has 3 aromatic carbocycles. The molecule has 0 aliphatic rings. The lowest BCUT2D eigenvalue weighted by Gasteiger charge is -2.10. The molecule has 4 nitrogen and oxygen atoms in total. The average Bonchev–Trinajstić information content (AvgIpc) is 2.69. The molecule has 0 N–H and O–H groups in total. The van der Waals surface area contributed by atoms with Gasteiger partial charge in [-0.25, -0.2) is 4.79 Å². The molecule has 0 aromatic heterocycles. The first kappa shape index (κ1) is 17.2. The zero-order chi connectivity index (χ0) is 18.4. The fourth-order valence-corrected chi connectivity index (χ4v) is 2.53. The van der Waals surface area contributed by atoms with Gasteiger partial charge in [0.2, 0.25) is 0 Å². The van der Waals surface area contributed by atoms with E-state index < -0.39 is 5.97 Å². The number of nitriles is 1. The summed E-state index contributed by atoms with van der Waals surface area (Å²) in [5, 5.41) is 8.86. The molecule has 0 unspecified atom stereocenters. The molecular formula is C22H17NO3. The second kappa shape index (κ2) is 8.00. The average molecular weight is 343 g/mol. The van der Waals surface area contributed by atoms with E-state index in [-0.39, 0.29) is 0 Å². The molecule has 0 bridgehead atoms. The van der Waals surface area contributed by atoms with Crippen molar-refractivity contribution in [3.8, 4) is 28.7 Å². The summed E-state index contributed by atoms with van der Waals surface area (Å²) in [6.07, 6.45) is 0. The summed E-state index contributed by atoms with van der Waals surface area (Å²) in [6, 6.07) is 23.7. The van der Waals surface area contributed by atoms with Gasteiger partial charge in [0.15, 0.2) is 0 Å². The molecule has 0 saturated heterocycles. The van der Waals surface area contributed by atoms with Gasteiger partial charge in [-0.3, -0.25) is 0 Å². The van der Waals surface area contributed by atoms with Crippen LogP contribution in [0.3, 0.4) is 0 Å². The third-order valence-corrected chi connectivity index (χ3v) is 3.82. The van der Waals surface area contributed by atoms with E-state index >= 15 is 0 Å². The smallest absolute Gasteiger partial charge is 0.347 e. The number of carbonyl (C=O) groups excluding carboxylic acids is 1. The van der Waals surface area contributed by atoms with E-state index in [1.165, 1.54) is 0 Å².